The summed E-state index contributed by atoms with van der Waals surface area (Å²) < 4.78 is 0.764. The topological polar surface area (TPSA) is 31.4 Å². The summed E-state index contributed by atoms with van der Waals surface area (Å²) in [5, 5.41) is 7.95. The van der Waals surface area contributed by atoms with Gasteiger partial charge in [0.15, 0.2) is 0 Å². The Balaban J connectivity index is 1.78. The Morgan fingerprint density at radius 1 is 1.12 bits per heavy atom. The summed E-state index contributed by atoms with van der Waals surface area (Å²) in [6.07, 6.45) is 2.67. The van der Waals surface area contributed by atoms with Gasteiger partial charge in [-0.05, 0) is 42.5 Å². The van der Waals surface area contributed by atoms with E-state index in [0.717, 1.165) is 32.7 Å². The van der Waals surface area contributed by atoms with Gasteiger partial charge >= 0.3 is 0 Å². The zero-order valence-corrected chi connectivity index (χ0v) is 15.4. The van der Waals surface area contributed by atoms with Crippen molar-refractivity contribution in [1.29, 1.82) is 0 Å². The fourth-order valence-electron chi connectivity index (χ4n) is 2.80. The second-order valence-corrected chi connectivity index (χ2v) is 8.02. The van der Waals surface area contributed by atoms with Crippen LogP contribution in [-0.4, -0.2) is 10.7 Å². The monoisotopic (exact) mass is 395 g/mol. The molecule has 1 aromatic carbocycles. The number of H-pyrrole nitrogens is 1. The molecule has 0 fully saturated rings. The first kappa shape index (κ1) is 16.0. The lowest BCUT2D eigenvalue weighted by Gasteiger charge is -2.23. The number of nitrogens with one attached hydrogen (secondary N) is 1. The second kappa shape index (κ2) is 6.45. The molecule has 122 valence electrons. The Bertz CT molecular complexity index is 902. The molecule has 1 N–H and O–H groups in total. The molecule has 0 radical (unpaired) electrons. The van der Waals surface area contributed by atoms with Gasteiger partial charge in [-0.15, -0.1) is 11.3 Å². The Hall–Kier alpha value is -1.46. The van der Waals surface area contributed by atoms with Crippen molar-refractivity contribution in [3.63, 3.8) is 0 Å². The summed E-state index contributed by atoms with van der Waals surface area (Å²) in [7, 11) is 0. The SMILES string of the molecule is Clc1ccc(N2N=C(c3ccc[nH]3)CC2c2ccc(Cl)s2)c(Cl)c1. The summed E-state index contributed by atoms with van der Waals surface area (Å²) in [4.78, 5) is 4.37. The van der Waals surface area contributed by atoms with E-state index < -0.39 is 0 Å². The molecule has 1 aliphatic rings. The van der Waals surface area contributed by atoms with E-state index in [1.807, 2.05) is 47.6 Å². The van der Waals surface area contributed by atoms with Crippen LogP contribution in [0.25, 0.3) is 0 Å². The molecule has 3 nitrogen and oxygen atoms in total. The van der Waals surface area contributed by atoms with Crippen LogP contribution in [-0.2, 0) is 0 Å². The maximum absolute atomic E-state index is 6.41. The lowest BCUT2D eigenvalue weighted by Crippen LogP contribution is -2.17. The number of halogens is 3. The highest BCUT2D eigenvalue weighted by molar-refractivity contribution is 7.16. The average molecular weight is 397 g/mol. The predicted molar refractivity (Wildman–Crippen MR) is 103 cm³/mol. The Labute approximate surface area is 158 Å². The summed E-state index contributed by atoms with van der Waals surface area (Å²) in [5.41, 5.74) is 2.83. The first-order valence-corrected chi connectivity index (χ1v) is 9.27. The number of benzene rings is 1. The smallest absolute Gasteiger partial charge is 0.0932 e. The van der Waals surface area contributed by atoms with Crippen molar-refractivity contribution in [2.75, 3.05) is 5.01 Å². The van der Waals surface area contributed by atoms with Gasteiger partial charge in [0, 0.05) is 22.5 Å². The highest BCUT2D eigenvalue weighted by Crippen LogP contribution is 2.42. The summed E-state index contributed by atoms with van der Waals surface area (Å²) >= 11 is 20.1. The van der Waals surface area contributed by atoms with Crippen LogP contribution in [0.5, 0.6) is 0 Å². The number of hydrogen-bond donors (Lipinski definition) is 1. The molecule has 3 aromatic rings. The fraction of sp³-hybridized carbons (Fsp3) is 0.118. The highest BCUT2D eigenvalue weighted by Gasteiger charge is 2.32. The molecule has 1 aliphatic heterocycles. The average Bonchev–Trinajstić information content (AvgIpc) is 3.26. The van der Waals surface area contributed by atoms with Gasteiger partial charge in [-0.1, -0.05) is 34.8 Å². The maximum atomic E-state index is 6.41. The quantitative estimate of drug-likeness (QED) is 0.546. The number of thiophene rings is 1. The Morgan fingerprint density at radius 3 is 2.67 bits per heavy atom. The van der Waals surface area contributed by atoms with E-state index in [-0.39, 0.29) is 6.04 Å². The summed E-state index contributed by atoms with van der Waals surface area (Å²) in [6, 6.07) is 13.4. The van der Waals surface area contributed by atoms with Crippen molar-refractivity contribution < 1.29 is 0 Å². The molecule has 2 aromatic heterocycles. The highest BCUT2D eigenvalue weighted by atomic mass is 35.5. The third kappa shape index (κ3) is 2.95. The van der Waals surface area contributed by atoms with Gasteiger partial charge in [-0.3, -0.25) is 5.01 Å². The molecular weight excluding hydrogens is 385 g/mol. The standard InChI is InChI=1S/C17H12Cl3N3S/c18-10-3-4-14(11(19)8-10)23-15(16-5-6-17(20)24-16)9-13(22-23)12-2-1-7-21-12/h1-8,15,21H,9H2. The second-order valence-electron chi connectivity index (χ2n) is 5.43. The molecule has 24 heavy (non-hydrogen) atoms. The number of anilines is 1. The lowest BCUT2D eigenvalue weighted by molar-refractivity contribution is 0.722. The normalized spacial score (nSPS) is 17.4. The van der Waals surface area contributed by atoms with Crippen LogP contribution in [0.3, 0.4) is 0 Å². The number of aromatic amines is 1. The van der Waals surface area contributed by atoms with Crippen molar-refractivity contribution in [3.8, 4) is 0 Å². The van der Waals surface area contributed by atoms with Gasteiger partial charge in [-0.25, -0.2) is 0 Å². The Morgan fingerprint density at radius 2 is 2.00 bits per heavy atom. The molecule has 0 spiro atoms. The minimum atomic E-state index is 0.0551. The van der Waals surface area contributed by atoms with E-state index in [2.05, 4.69) is 4.98 Å². The van der Waals surface area contributed by atoms with Gasteiger partial charge < -0.3 is 4.98 Å². The first-order valence-electron chi connectivity index (χ1n) is 7.32. The molecule has 0 amide bonds. The maximum Gasteiger partial charge on any atom is 0.0932 e. The van der Waals surface area contributed by atoms with Crippen LogP contribution in [0, 0.1) is 0 Å². The number of hydrazone groups is 1. The van der Waals surface area contributed by atoms with Gasteiger partial charge in [0.05, 0.1) is 32.5 Å². The first-order chi connectivity index (χ1) is 11.6. The zero-order valence-electron chi connectivity index (χ0n) is 12.3. The number of nitrogens with zero attached hydrogens (tertiary/aromatic N) is 2. The zero-order chi connectivity index (χ0) is 16.7. The van der Waals surface area contributed by atoms with Crippen molar-refractivity contribution in [3.05, 3.63) is 73.6 Å². The molecule has 0 bridgehead atoms. The molecular formula is C17H12Cl3N3S. The van der Waals surface area contributed by atoms with E-state index >= 15 is 0 Å². The molecule has 0 saturated heterocycles. The van der Waals surface area contributed by atoms with Crippen molar-refractivity contribution in [2.24, 2.45) is 5.10 Å². The van der Waals surface area contributed by atoms with Gasteiger partial charge in [-0.2, -0.15) is 5.10 Å². The summed E-state index contributed by atoms with van der Waals surface area (Å²) in [5.74, 6) is 0. The van der Waals surface area contributed by atoms with E-state index in [9.17, 15) is 0 Å². The third-order valence-electron chi connectivity index (χ3n) is 3.90. The van der Waals surface area contributed by atoms with Crippen LogP contribution in [0.15, 0.2) is 53.8 Å². The lowest BCUT2D eigenvalue weighted by atomic mass is 10.1. The molecule has 3 heterocycles. The van der Waals surface area contributed by atoms with Crippen LogP contribution < -0.4 is 5.01 Å². The number of aromatic nitrogens is 1. The predicted octanol–water partition coefficient (Wildman–Crippen LogP) is 6.39. The molecule has 0 saturated carbocycles. The van der Waals surface area contributed by atoms with Crippen LogP contribution in [0.4, 0.5) is 5.69 Å². The van der Waals surface area contributed by atoms with Gasteiger partial charge in [0.1, 0.15) is 0 Å². The third-order valence-corrected chi connectivity index (χ3v) is 5.77. The molecule has 0 aliphatic carbocycles. The minimum absolute atomic E-state index is 0.0551. The number of hydrogen-bond acceptors (Lipinski definition) is 3. The van der Waals surface area contributed by atoms with E-state index in [1.165, 1.54) is 0 Å². The molecule has 7 heteroatoms. The van der Waals surface area contributed by atoms with E-state index in [1.54, 1.807) is 17.4 Å². The van der Waals surface area contributed by atoms with Crippen molar-refractivity contribution in [2.45, 2.75) is 12.5 Å². The van der Waals surface area contributed by atoms with Crippen molar-refractivity contribution in [1.82, 2.24) is 4.98 Å². The van der Waals surface area contributed by atoms with Crippen LogP contribution >= 0.6 is 46.1 Å². The largest absolute Gasteiger partial charge is 0.360 e. The van der Waals surface area contributed by atoms with E-state index in [4.69, 9.17) is 39.9 Å². The molecule has 1 unspecified atom stereocenters. The van der Waals surface area contributed by atoms with Crippen LogP contribution in [0.2, 0.25) is 14.4 Å². The number of rotatable bonds is 3. The molecule has 1 atom stereocenters. The van der Waals surface area contributed by atoms with Gasteiger partial charge in [0.25, 0.3) is 0 Å². The minimum Gasteiger partial charge on any atom is -0.360 e. The van der Waals surface area contributed by atoms with Gasteiger partial charge in [0.2, 0.25) is 0 Å². The van der Waals surface area contributed by atoms with Crippen molar-refractivity contribution >= 4 is 57.5 Å². The Kier molecular flexibility index (Phi) is 4.31. The van der Waals surface area contributed by atoms with Crippen LogP contribution in [0.1, 0.15) is 23.0 Å². The fourth-order valence-corrected chi connectivity index (χ4v) is 4.44. The summed E-state index contributed by atoms with van der Waals surface area (Å²) in [6.45, 7) is 0. The van der Waals surface area contributed by atoms with E-state index in [0.29, 0.717) is 10.0 Å². The molecule has 4 rings (SSSR count).